The number of hydrogen-bond donors (Lipinski definition) is 1. The minimum atomic E-state index is -3.90. The van der Waals surface area contributed by atoms with E-state index in [-0.39, 0.29) is 4.90 Å². The molecule has 8 heteroatoms. The Morgan fingerprint density at radius 3 is 2.21 bits per heavy atom. The van der Waals surface area contributed by atoms with Crippen molar-refractivity contribution in [1.82, 2.24) is 0 Å². The second kappa shape index (κ2) is 7.04. The molecule has 24 heavy (non-hydrogen) atoms. The number of anilines is 1. The molecule has 0 aliphatic heterocycles. The van der Waals surface area contributed by atoms with Crippen molar-refractivity contribution in [2.24, 2.45) is 0 Å². The Hall–Kier alpha value is -1.08. The van der Waals surface area contributed by atoms with E-state index in [0.717, 1.165) is 0 Å². The highest BCUT2D eigenvalue weighted by Gasteiger charge is 2.42. The predicted octanol–water partition coefficient (Wildman–Crippen LogP) is 4.95. The first-order valence-electron chi connectivity index (χ1n) is 6.82. The van der Waals surface area contributed by atoms with Crippen molar-refractivity contribution in [3.05, 3.63) is 57.0 Å². The van der Waals surface area contributed by atoms with Crippen molar-refractivity contribution >= 4 is 60.6 Å². The summed E-state index contributed by atoms with van der Waals surface area (Å²) in [7, 11) is -3.90. The van der Waals surface area contributed by atoms with Gasteiger partial charge in [-0.15, -0.1) is 0 Å². The first kappa shape index (κ1) is 19.2. The number of rotatable bonds is 4. The second-order valence-corrected chi connectivity index (χ2v) is 9.75. The van der Waals surface area contributed by atoms with E-state index in [1.165, 1.54) is 38.1 Å². The third-order valence-corrected chi connectivity index (χ3v) is 7.41. The Kier molecular flexibility index (Phi) is 5.64. The summed E-state index contributed by atoms with van der Waals surface area (Å²) >= 11 is 14.9. The van der Waals surface area contributed by atoms with Crippen LogP contribution in [0.3, 0.4) is 0 Å². The Morgan fingerprint density at radius 2 is 1.67 bits per heavy atom. The molecule has 1 amide bonds. The van der Waals surface area contributed by atoms with E-state index in [9.17, 15) is 13.2 Å². The molecular weight excluding hydrogens is 437 g/mol. The Balaban J connectivity index is 2.32. The molecule has 0 unspecified atom stereocenters. The van der Waals surface area contributed by atoms with Gasteiger partial charge in [-0.1, -0.05) is 23.2 Å². The molecule has 0 aromatic heterocycles. The maximum absolute atomic E-state index is 12.8. The minimum absolute atomic E-state index is 0.0318. The van der Waals surface area contributed by atoms with Crippen LogP contribution < -0.4 is 5.32 Å². The topological polar surface area (TPSA) is 63.2 Å². The van der Waals surface area contributed by atoms with Crippen molar-refractivity contribution in [3.8, 4) is 0 Å². The summed E-state index contributed by atoms with van der Waals surface area (Å²) in [5.41, 5.74) is 0.440. The smallest absolute Gasteiger partial charge is 0.245 e. The van der Waals surface area contributed by atoms with Gasteiger partial charge in [0.15, 0.2) is 9.84 Å². The zero-order chi connectivity index (χ0) is 18.1. The van der Waals surface area contributed by atoms with Crippen molar-refractivity contribution in [1.29, 1.82) is 0 Å². The van der Waals surface area contributed by atoms with E-state index in [2.05, 4.69) is 21.2 Å². The lowest BCUT2D eigenvalue weighted by atomic mass is 10.2. The van der Waals surface area contributed by atoms with Gasteiger partial charge in [0.2, 0.25) is 5.91 Å². The summed E-state index contributed by atoms with van der Waals surface area (Å²) in [6.07, 6.45) is 0. The zero-order valence-electron chi connectivity index (χ0n) is 12.8. The van der Waals surface area contributed by atoms with Gasteiger partial charge in [-0.25, -0.2) is 8.42 Å². The van der Waals surface area contributed by atoms with Crippen LogP contribution >= 0.6 is 39.1 Å². The molecule has 0 saturated heterocycles. The molecular formula is C16H14BrCl2NO3S. The molecule has 0 bridgehead atoms. The summed E-state index contributed by atoms with van der Waals surface area (Å²) in [6.45, 7) is 2.72. The molecule has 128 valence electrons. The molecule has 2 rings (SSSR count). The van der Waals surface area contributed by atoms with E-state index < -0.39 is 20.5 Å². The summed E-state index contributed by atoms with van der Waals surface area (Å²) < 4.78 is 24.5. The lowest BCUT2D eigenvalue weighted by molar-refractivity contribution is -0.117. The quantitative estimate of drug-likeness (QED) is 0.716. The summed E-state index contributed by atoms with van der Waals surface area (Å²) in [6, 6.07) is 10.5. The monoisotopic (exact) mass is 449 g/mol. The molecule has 4 nitrogen and oxygen atoms in total. The number of hydrogen-bond acceptors (Lipinski definition) is 3. The van der Waals surface area contributed by atoms with E-state index in [4.69, 9.17) is 23.2 Å². The number of sulfone groups is 1. The predicted molar refractivity (Wildman–Crippen MR) is 100 cm³/mol. The number of benzene rings is 2. The normalized spacial score (nSPS) is 12.0. The summed E-state index contributed by atoms with van der Waals surface area (Å²) in [4.78, 5) is 12.6. The van der Waals surface area contributed by atoms with E-state index in [0.29, 0.717) is 20.2 Å². The fraction of sp³-hybridized carbons (Fsp3) is 0.188. The van der Waals surface area contributed by atoms with Gasteiger partial charge in [-0.2, -0.15) is 0 Å². The van der Waals surface area contributed by atoms with Crippen LogP contribution in [0.5, 0.6) is 0 Å². The lowest BCUT2D eigenvalue weighted by Gasteiger charge is -2.24. The SMILES string of the molecule is CC(C)(C(=O)Nc1ccc(Cl)c(Br)c1)S(=O)(=O)c1ccc(Cl)cc1. The van der Waals surface area contributed by atoms with Gasteiger partial charge in [0.1, 0.15) is 4.75 Å². The average molecular weight is 451 g/mol. The lowest BCUT2D eigenvalue weighted by Crippen LogP contribution is -2.44. The molecule has 0 spiro atoms. The van der Waals surface area contributed by atoms with E-state index in [1.807, 2.05) is 0 Å². The first-order valence-corrected chi connectivity index (χ1v) is 9.85. The maximum Gasteiger partial charge on any atom is 0.245 e. The molecule has 0 fully saturated rings. The molecule has 1 N–H and O–H groups in total. The number of carbonyl (C=O) groups is 1. The van der Waals surface area contributed by atoms with Gasteiger partial charge in [0, 0.05) is 15.2 Å². The zero-order valence-corrected chi connectivity index (χ0v) is 16.7. The molecule has 2 aromatic rings. The largest absolute Gasteiger partial charge is 0.325 e. The van der Waals surface area contributed by atoms with Crippen LogP contribution in [0, 0.1) is 0 Å². The van der Waals surface area contributed by atoms with Crippen LogP contribution in [0.4, 0.5) is 5.69 Å². The van der Waals surface area contributed by atoms with E-state index in [1.54, 1.807) is 18.2 Å². The molecule has 0 aliphatic carbocycles. The molecule has 0 radical (unpaired) electrons. The fourth-order valence-electron chi connectivity index (χ4n) is 1.89. The number of carbonyl (C=O) groups excluding carboxylic acids is 1. The van der Waals surface area contributed by atoms with E-state index >= 15 is 0 Å². The maximum atomic E-state index is 12.8. The van der Waals surface area contributed by atoms with Crippen LogP contribution in [0.1, 0.15) is 13.8 Å². The molecule has 0 saturated carbocycles. The first-order chi connectivity index (χ1) is 11.1. The van der Waals surface area contributed by atoms with Crippen molar-refractivity contribution in [3.63, 3.8) is 0 Å². The van der Waals surface area contributed by atoms with Gasteiger partial charge in [0.05, 0.1) is 9.92 Å². The van der Waals surface area contributed by atoms with Crippen LogP contribution in [0.25, 0.3) is 0 Å². The van der Waals surface area contributed by atoms with Crippen LogP contribution in [0.15, 0.2) is 51.8 Å². The second-order valence-electron chi connectivity index (χ2n) is 5.55. The molecule has 0 heterocycles. The third-order valence-electron chi connectivity index (χ3n) is 3.52. The Morgan fingerprint density at radius 1 is 1.08 bits per heavy atom. The molecule has 2 aromatic carbocycles. The van der Waals surface area contributed by atoms with Crippen LogP contribution in [0.2, 0.25) is 10.0 Å². The highest BCUT2D eigenvalue weighted by molar-refractivity contribution is 9.10. The van der Waals surface area contributed by atoms with Gasteiger partial charge >= 0.3 is 0 Å². The standard InChI is InChI=1S/C16H14BrCl2NO3S/c1-16(2,24(22,23)12-6-3-10(18)4-7-12)15(21)20-11-5-8-14(19)13(17)9-11/h3-9H,1-2H3,(H,20,21). The Bertz CT molecular complexity index is 881. The van der Waals surface area contributed by atoms with Crippen LogP contribution in [-0.4, -0.2) is 19.1 Å². The highest BCUT2D eigenvalue weighted by Crippen LogP contribution is 2.30. The highest BCUT2D eigenvalue weighted by atomic mass is 79.9. The van der Waals surface area contributed by atoms with Crippen LogP contribution in [-0.2, 0) is 14.6 Å². The van der Waals surface area contributed by atoms with Crippen molar-refractivity contribution in [2.75, 3.05) is 5.32 Å². The number of halogens is 3. The Labute approximate surface area is 159 Å². The molecule has 0 aliphatic rings. The average Bonchev–Trinajstić information content (AvgIpc) is 2.51. The third kappa shape index (κ3) is 3.77. The summed E-state index contributed by atoms with van der Waals surface area (Å²) in [5, 5.41) is 3.51. The number of nitrogens with one attached hydrogen (secondary N) is 1. The van der Waals surface area contributed by atoms with Crippen molar-refractivity contribution in [2.45, 2.75) is 23.5 Å². The van der Waals surface area contributed by atoms with Gasteiger partial charge in [-0.3, -0.25) is 4.79 Å². The van der Waals surface area contributed by atoms with Gasteiger partial charge in [-0.05, 0) is 72.2 Å². The minimum Gasteiger partial charge on any atom is -0.325 e. The summed E-state index contributed by atoms with van der Waals surface area (Å²) in [5.74, 6) is -0.647. The van der Waals surface area contributed by atoms with Gasteiger partial charge in [0.25, 0.3) is 0 Å². The number of amides is 1. The molecule has 0 atom stereocenters. The fourth-order valence-corrected chi connectivity index (χ4v) is 3.89. The van der Waals surface area contributed by atoms with Gasteiger partial charge < -0.3 is 5.32 Å². The van der Waals surface area contributed by atoms with Crippen molar-refractivity contribution < 1.29 is 13.2 Å².